The molecule has 3 rings (SSSR count). The van der Waals surface area contributed by atoms with Gasteiger partial charge in [0.1, 0.15) is 11.4 Å². The fraction of sp³-hybridized carbons (Fsp3) is 0.619. The highest BCUT2D eigenvalue weighted by atomic mass is 32.2. The number of aliphatic imine (C=N–C) groups is 1. The minimum atomic E-state index is -0.611. The van der Waals surface area contributed by atoms with Gasteiger partial charge in [0.25, 0.3) is 0 Å². The lowest BCUT2D eigenvalue weighted by atomic mass is 9.69. The van der Waals surface area contributed by atoms with Crippen molar-refractivity contribution in [1.29, 1.82) is 0 Å². The van der Waals surface area contributed by atoms with Gasteiger partial charge in [-0.3, -0.25) is 9.79 Å². The molecule has 1 heterocycles. The molecule has 0 bridgehead atoms. The molecule has 0 spiro atoms. The minimum Gasteiger partial charge on any atom is -0.460 e. The number of rotatable bonds is 3. The van der Waals surface area contributed by atoms with Gasteiger partial charge in [0.05, 0.1) is 17.0 Å². The Morgan fingerprint density at radius 3 is 2.85 bits per heavy atom. The molecule has 4 nitrogen and oxygen atoms in total. The number of hydrogen-bond donors (Lipinski definition) is 1. The molecule has 2 aliphatic rings. The molecule has 1 fully saturated rings. The number of carbonyl (C=O) groups excluding carboxylic acids is 1. The molecule has 0 saturated heterocycles. The molecule has 0 unspecified atom stereocenters. The van der Waals surface area contributed by atoms with Crippen molar-refractivity contribution in [3.8, 4) is 0 Å². The fourth-order valence-corrected chi connectivity index (χ4v) is 5.21. The van der Waals surface area contributed by atoms with Crippen molar-refractivity contribution in [2.45, 2.75) is 71.4 Å². The summed E-state index contributed by atoms with van der Waals surface area (Å²) < 4.78 is 20.1. The minimum absolute atomic E-state index is 0. The number of thioether (sulfide) groups is 1. The average Bonchev–Trinajstić information content (AvgIpc) is 2.55. The van der Waals surface area contributed by atoms with Crippen LogP contribution in [0, 0.1) is 11.7 Å². The van der Waals surface area contributed by atoms with Crippen molar-refractivity contribution >= 4 is 28.5 Å². The summed E-state index contributed by atoms with van der Waals surface area (Å²) in [7, 11) is 0. The Morgan fingerprint density at radius 2 is 2.15 bits per heavy atom. The molecule has 6 heteroatoms. The topological polar surface area (TPSA) is 64.7 Å². The Labute approximate surface area is 166 Å². The average molecular weight is 395 g/mol. The lowest BCUT2D eigenvalue weighted by molar-refractivity contribution is -0.153. The number of nitrogens with two attached hydrogens (primary N) is 1. The maximum Gasteiger partial charge on any atom is 0.312 e. The summed E-state index contributed by atoms with van der Waals surface area (Å²) in [5.41, 5.74) is 5.92. The van der Waals surface area contributed by atoms with Crippen LogP contribution >= 0.6 is 11.8 Å². The zero-order chi connectivity index (χ0) is 18.9. The van der Waals surface area contributed by atoms with E-state index in [0.29, 0.717) is 11.3 Å². The van der Waals surface area contributed by atoms with Gasteiger partial charge < -0.3 is 10.5 Å². The highest BCUT2D eigenvalue weighted by Crippen LogP contribution is 2.50. The third-order valence-electron chi connectivity index (χ3n) is 4.98. The van der Waals surface area contributed by atoms with E-state index in [-0.39, 0.29) is 31.6 Å². The monoisotopic (exact) mass is 394 g/mol. The molecule has 150 valence electrons. The second-order valence-electron chi connectivity index (χ2n) is 8.19. The lowest BCUT2D eigenvalue weighted by Gasteiger charge is -2.45. The van der Waals surface area contributed by atoms with Crippen LogP contribution in [0.4, 0.5) is 10.1 Å². The first-order valence-corrected chi connectivity index (χ1v) is 10.2. The first kappa shape index (κ1) is 21.7. The third-order valence-corrected chi connectivity index (χ3v) is 6.12. The van der Waals surface area contributed by atoms with Gasteiger partial charge in [-0.25, -0.2) is 4.39 Å². The number of nitrogens with zero attached hydrogens (tertiary/aromatic N) is 1. The first-order chi connectivity index (χ1) is 12.2. The van der Waals surface area contributed by atoms with Crippen LogP contribution in [-0.4, -0.2) is 22.4 Å². The molecule has 1 aromatic carbocycles. The summed E-state index contributed by atoms with van der Waals surface area (Å²) >= 11 is 1.60. The maximum absolute atomic E-state index is 14.7. The number of ether oxygens (including phenoxy) is 1. The van der Waals surface area contributed by atoms with Crippen LogP contribution in [0.25, 0.3) is 0 Å². The summed E-state index contributed by atoms with van der Waals surface area (Å²) in [6.07, 6.45) is 4.08. The lowest BCUT2D eigenvalue weighted by Crippen LogP contribution is -2.42. The fourth-order valence-electron chi connectivity index (χ4n) is 3.93. The Bertz CT molecular complexity index is 729. The van der Waals surface area contributed by atoms with E-state index in [4.69, 9.17) is 15.5 Å². The number of halogens is 1. The molecule has 1 aliphatic carbocycles. The van der Waals surface area contributed by atoms with Crippen molar-refractivity contribution in [1.82, 2.24) is 0 Å². The van der Waals surface area contributed by atoms with E-state index in [9.17, 15) is 9.18 Å². The first-order valence-electron chi connectivity index (χ1n) is 9.18. The number of hydrogen-bond acceptors (Lipinski definition) is 5. The van der Waals surface area contributed by atoms with Crippen molar-refractivity contribution in [3.63, 3.8) is 0 Å². The standard InChI is InChI=1S/C20H27FN2O2S.CH4/c1-19(2,3)25-18(24)11-17-23-20(9-5-4-6-13(20)12-26-17)15-10-14(22)7-8-16(15)21;/h7-8,10,13H,4-6,9,11-12,22H2,1-3H3;1H4/t13-,20-;/m0./s1. The van der Waals surface area contributed by atoms with Gasteiger partial charge in [0, 0.05) is 17.0 Å². The number of carbonyl (C=O) groups is 1. The Morgan fingerprint density at radius 1 is 1.41 bits per heavy atom. The summed E-state index contributed by atoms with van der Waals surface area (Å²) in [6, 6.07) is 4.73. The van der Waals surface area contributed by atoms with Crippen LogP contribution in [-0.2, 0) is 15.1 Å². The van der Waals surface area contributed by atoms with Crippen molar-refractivity contribution in [3.05, 3.63) is 29.6 Å². The molecular weight excluding hydrogens is 363 g/mol. The molecule has 0 amide bonds. The largest absolute Gasteiger partial charge is 0.460 e. The number of fused-ring (bicyclic) bond motifs is 1. The summed E-state index contributed by atoms with van der Waals surface area (Å²) in [5, 5.41) is 0.735. The molecule has 27 heavy (non-hydrogen) atoms. The zero-order valence-electron chi connectivity index (χ0n) is 15.7. The molecule has 2 N–H and O–H groups in total. The molecule has 1 aromatic rings. The molecule has 1 saturated carbocycles. The smallest absolute Gasteiger partial charge is 0.312 e. The third kappa shape index (κ3) is 4.84. The summed E-state index contributed by atoms with van der Waals surface area (Å²) in [4.78, 5) is 17.2. The molecule has 1 aliphatic heterocycles. The van der Waals surface area contributed by atoms with Crippen molar-refractivity contribution < 1.29 is 13.9 Å². The Kier molecular flexibility index (Phi) is 6.61. The zero-order valence-corrected chi connectivity index (χ0v) is 16.5. The Hall–Kier alpha value is -1.56. The van der Waals surface area contributed by atoms with Gasteiger partial charge in [-0.15, -0.1) is 11.8 Å². The number of esters is 1. The van der Waals surface area contributed by atoms with Gasteiger partial charge in [-0.05, 0) is 57.7 Å². The van der Waals surface area contributed by atoms with Gasteiger partial charge >= 0.3 is 5.97 Å². The van der Waals surface area contributed by atoms with E-state index in [1.54, 1.807) is 23.9 Å². The van der Waals surface area contributed by atoms with Gasteiger partial charge in [0.15, 0.2) is 0 Å². The van der Waals surface area contributed by atoms with Gasteiger partial charge in [-0.1, -0.05) is 20.3 Å². The second kappa shape index (κ2) is 8.21. The van der Waals surface area contributed by atoms with E-state index in [2.05, 4.69) is 0 Å². The molecule has 0 radical (unpaired) electrons. The summed E-state index contributed by atoms with van der Waals surface area (Å²) in [6.45, 7) is 5.55. The quantitative estimate of drug-likeness (QED) is 0.557. The van der Waals surface area contributed by atoms with Crippen LogP contribution in [0.2, 0.25) is 0 Å². The highest BCUT2D eigenvalue weighted by molar-refractivity contribution is 8.14. The van der Waals surface area contributed by atoms with Crippen LogP contribution in [0.3, 0.4) is 0 Å². The van der Waals surface area contributed by atoms with E-state index < -0.39 is 11.1 Å². The number of benzene rings is 1. The van der Waals surface area contributed by atoms with Gasteiger partial charge in [0.2, 0.25) is 0 Å². The number of nitrogen functional groups attached to an aromatic ring is 1. The van der Waals surface area contributed by atoms with Crippen molar-refractivity contribution in [2.24, 2.45) is 10.9 Å². The van der Waals surface area contributed by atoms with E-state index in [0.717, 1.165) is 36.5 Å². The SMILES string of the molecule is C.CC(C)(C)OC(=O)CC1=N[C@@]2(c3cc(N)ccc3F)CCCC[C@H]2CS1. The molecule has 2 atom stereocenters. The van der Waals surface area contributed by atoms with Gasteiger partial charge in [-0.2, -0.15) is 0 Å². The van der Waals surface area contributed by atoms with E-state index in [1.807, 2.05) is 20.8 Å². The number of anilines is 1. The Balaban J connectivity index is 0.00000261. The normalized spacial score (nSPS) is 25.0. The van der Waals surface area contributed by atoms with Crippen LogP contribution < -0.4 is 5.73 Å². The van der Waals surface area contributed by atoms with Crippen molar-refractivity contribution in [2.75, 3.05) is 11.5 Å². The predicted molar refractivity (Wildman–Crippen MR) is 112 cm³/mol. The summed E-state index contributed by atoms with van der Waals surface area (Å²) in [5.74, 6) is 0.551. The van der Waals surface area contributed by atoms with Crippen LogP contribution in [0.15, 0.2) is 23.2 Å². The molecular formula is C21H31FN2O2S. The second-order valence-corrected chi connectivity index (χ2v) is 9.28. The predicted octanol–water partition coefficient (Wildman–Crippen LogP) is 5.31. The maximum atomic E-state index is 14.7. The molecule has 0 aromatic heterocycles. The van der Waals surface area contributed by atoms with E-state index in [1.165, 1.54) is 6.07 Å². The van der Waals surface area contributed by atoms with Crippen LogP contribution in [0.5, 0.6) is 0 Å². The van der Waals surface area contributed by atoms with Crippen LogP contribution in [0.1, 0.15) is 65.9 Å². The highest BCUT2D eigenvalue weighted by Gasteiger charge is 2.46. The van der Waals surface area contributed by atoms with E-state index >= 15 is 0 Å².